The number of nitrogens with zero attached hydrogens (tertiary/aromatic N) is 2. The monoisotopic (exact) mass is 1820 g/mol. The van der Waals surface area contributed by atoms with Crippen molar-refractivity contribution in [2.45, 2.75) is 111 Å². The van der Waals surface area contributed by atoms with Gasteiger partial charge in [0.05, 0.1) is 32.4 Å². The fourth-order valence-corrected chi connectivity index (χ4v) is 16.5. The lowest BCUT2D eigenvalue weighted by atomic mass is 9.83. The van der Waals surface area contributed by atoms with Gasteiger partial charge in [-0.2, -0.15) is 4.99 Å². The summed E-state index contributed by atoms with van der Waals surface area (Å²) in [7, 11) is -1.63. The molecular formula is C112H105N6O16P. The Bertz CT molecular complexity index is 6820. The van der Waals surface area contributed by atoms with Crippen molar-refractivity contribution in [3.63, 3.8) is 0 Å². The van der Waals surface area contributed by atoms with E-state index in [1.54, 1.807) is 148 Å². The number of anilines is 3. The van der Waals surface area contributed by atoms with Crippen LogP contribution in [0.1, 0.15) is 104 Å². The van der Waals surface area contributed by atoms with Crippen LogP contribution in [0.5, 0.6) is 23.0 Å². The fourth-order valence-electron chi connectivity index (χ4n) is 15.6. The maximum atomic E-state index is 14.6. The molecule has 0 bridgehead atoms. The van der Waals surface area contributed by atoms with Crippen LogP contribution in [-0.4, -0.2) is 94.2 Å². The predicted octanol–water partition coefficient (Wildman–Crippen LogP) is 26.2. The van der Waals surface area contributed by atoms with Crippen LogP contribution < -0.4 is 39.8 Å². The van der Waals surface area contributed by atoms with Gasteiger partial charge in [-0.3, -0.25) is 29.5 Å². The van der Waals surface area contributed by atoms with Crippen molar-refractivity contribution in [2.24, 2.45) is 4.99 Å². The third-order valence-electron chi connectivity index (χ3n) is 21.6. The molecule has 135 heavy (non-hydrogen) atoms. The average molecular weight is 1820 g/mol. The molecule has 1 saturated heterocycles. The van der Waals surface area contributed by atoms with Gasteiger partial charge in [0.1, 0.15) is 45.8 Å². The molecule has 684 valence electrons. The van der Waals surface area contributed by atoms with Gasteiger partial charge in [0.2, 0.25) is 11.8 Å². The van der Waals surface area contributed by atoms with Crippen molar-refractivity contribution in [3.8, 4) is 56.4 Å². The highest BCUT2D eigenvalue weighted by atomic mass is 31.2. The van der Waals surface area contributed by atoms with Crippen molar-refractivity contribution in [2.75, 3.05) is 30.2 Å². The minimum absolute atomic E-state index is 0.00301. The lowest BCUT2D eigenvalue weighted by molar-refractivity contribution is -0.117. The van der Waals surface area contributed by atoms with Crippen LogP contribution in [0.3, 0.4) is 0 Å². The Balaban J connectivity index is 0.000000151. The number of aliphatic hydroxyl groups excluding tert-OH is 1. The lowest BCUT2D eigenvalue weighted by Gasteiger charge is -2.21. The first-order chi connectivity index (χ1) is 64.8. The Morgan fingerprint density at radius 2 is 0.807 bits per heavy atom. The van der Waals surface area contributed by atoms with E-state index >= 15 is 0 Å². The van der Waals surface area contributed by atoms with Gasteiger partial charge in [-0.05, 0) is 234 Å². The van der Waals surface area contributed by atoms with Crippen molar-refractivity contribution in [3.05, 3.63) is 362 Å². The van der Waals surface area contributed by atoms with Gasteiger partial charge in [-0.1, -0.05) is 256 Å². The summed E-state index contributed by atoms with van der Waals surface area (Å²) in [6, 6.07) is 106. The van der Waals surface area contributed by atoms with Gasteiger partial charge in [0.15, 0.2) is 0 Å². The van der Waals surface area contributed by atoms with E-state index in [9.17, 15) is 38.2 Å². The minimum atomic E-state index is -4.79. The number of hydrogen-bond donors (Lipinski definition) is 6. The molecule has 2 aliphatic heterocycles. The number of rotatable bonds is 15. The topological polar surface area (TPSA) is 288 Å². The van der Waals surface area contributed by atoms with E-state index in [2.05, 4.69) is 123 Å². The number of methoxy groups -OCH3 is 2. The number of aliphatic imine (C=N–C) groups is 1. The summed E-state index contributed by atoms with van der Waals surface area (Å²) >= 11 is 0. The standard InChI is InChI=1S/C48H29O4P.2C21H24N2O4.C12H15NO2.C10H13NO2/c49-53(50)51-47-41(43-35-19-7-1-13-29(35)25-30-14-2-8-20-36(30)43)27-33-17-5-11-23-39(33)45(47)46-40-24-12-6-18-34(40)28-42(48(46)52-53)44-37-21-9-3-15-31(37)26-32-16-4-10-22-38(32)44;1-21(2,3)27-20(25)23-17(14-8-6-5-7-9-14)18(23)19(24)22-15-10-12-16(26-4)13-11-15;1-21(2,3)27-20(25)22-14-18(15-8-6-5-7-9-15)19(24)23-16-10-12-17(26-4)13-11-16;1-12(2,3)15-11(14)13-9-10-7-5-4-6-8-10;1-2-10(13)11-9-5-3-8(7-12)4-6-9/h1-28H,(H,49,50);5-13,17-18H,1-4H3,(H,22,24);5-14H,1-4H3,(H,22,25)(H,23,24);4-9H,1-3H3;3-6,12H,2,7H2,1H3,(H,11,13)/b;;18-14-;;/t;17-,18+,23?;;;/m.1.../s1. The van der Waals surface area contributed by atoms with Crippen molar-refractivity contribution < 1.29 is 76.1 Å². The lowest BCUT2D eigenvalue weighted by Crippen LogP contribution is -2.30. The second kappa shape index (κ2) is 42.2. The van der Waals surface area contributed by atoms with E-state index in [0.29, 0.717) is 51.9 Å². The summed E-state index contributed by atoms with van der Waals surface area (Å²) in [5.74, 6) is 1.43. The summed E-state index contributed by atoms with van der Waals surface area (Å²) in [6.07, 6.45) is 1.63. The maximum Gasteiger partial charge on any atom is 0.584 e. The van der Waals surface area contributed by atoms with Crippen molar-refractivity contribution in [1.82, 2.24) is 10.2 Å². The Kier molecular flexibility index (Phi) is 29.8. The van der Waals surface area contributed by atoms with E-state index in [0.717, 1.165) is 120 Å². The van der Waals surface area contributed by atoms with Crippen LogP contribution in [0.2, 0.25) is 0 Å². The van der Waals surface area contributed by atoms with E-state index in [-0.39, 0.29) is 30.4 Å². The normalized spacial score (nSPS) is 13.6. The molecule has 2 atom stereocenters. The van der Waals surface area contributed by atoms with Crippen molar-refractivity contribution in [1.29, 1.82) is 0 Å². The summed E-state index contributed by atoms with van der Waals surface area (Å²) < 4.78 is 53.4. The number of amides is 6. The number of alkyl carbamates (subject to hydrolysis) is 1. The smallest absolute Gasteiger partial charge is 0.497 e. The third kappa shape index (κ3) is 24.2. The molecule has 1 fully saturated rings. The predicted molar refractivity (Wildman–Crippen MR) is 539 cm³/mol. The Labute approximate surface area is 783 Å². The highest BCUT2D eigenvalue weighted by Gasteiger charge is 2.58. The molecule has 0 unspecified atom stereocenters. The van der Waals surface area contributed by atoms with E-state index in [4.69, 9.17) is 37.8 Å². The van der Waals surface area contributed by atoms with Gasteiger partial charge < -0.3 is 53.8 Å². The average Bonchev–Trinajstić information content (AvgIpc) is 1.68. The summed E-state index contributed by atoms with van der Waals surface area (Å²) in [5.41, 5.74) is 8.62. The molecule has 6 amide bonds. The van der Waals surface area contributed by atoms with Crippen LogP contribution in [0.25, 0.3) is 104 Å². The van der Waals surface area contributed by atoms with Gasteiger partial charge in [-0.15, -0.1) is 0 Å². The molecule has 2 aliphatic rings. The third-order valence-corrected chi connectivity index (χ3v) is 22.4. The quantitative estimate of drug-likeness (QED) is 0.0139. The molecule has 2 heterocycles. The highest BCUT2D eigenvalue weighted by Crippen LogP contribution is 2.63. The molecule has 0 aliphatic carbocycles. The second-order valence-electron chi connectivity index (χ2n) is 34.8. The Hall–Kier alpha value is -15.7. The van der Waals surface area contributed by atoms with Crippen LogP contribution in [0.15, 0.2) is 345 Å². The first kappa shape index (κ1) is 95.3. The maximum absolute atomic E-state index is 14.6. The molecule has 18 rings (SSSR count). The number of phosphoric ester groups is 1. The number of nitrogens with one attached hydrogen (secondary N) is 4. The number of hydrogen-bond acceptors (Lipinski definition) is 15. The second-order valence-corrected chi connectivity index (χ2v) is 36.1. The number of benzene rings is 16. The number of ether oxygens (including phenoxy) is 5. The highest BCUT2D eigenvalue weighted by molar-refractivity contribution is 7.48. The molecule has 22 nitrogen and oxygen atoms in total. The fraction of sp³-hybridized carbons (Fsp3) is 0.170. The number of carbonyl (C=O) groups is 6. The summed E-state index contributed by atoms with van der Waals surface area (Å²) in [4.78, 5) is 89.3. The van der Waals surface area contributed by atoms with Crippen LogP contribution in [0, 0.1) is 0 Å². The zero-order valence-electron chi connectivity index (χ0n) is 76.9. The zero-order valence-corrected chi connectivity index (χ0v) is 77.8. The van der Waals surface area contributed by atoms with Crippen molar-refractivity contribution >= 4 is 137 Å². The molecule has 0 aromatic heterocycles. The molecule has 16 aromatic carbocycles. The molecular weight excluding hydrogens is 1720 g/mol. The van der Waals surface area contributed by atoms with E-state index in [1.807, 2.05) is 172 Å². The Morgan fingerprint density at radius 1 is 0.437 bits per heavy atom. The largest absolute Gasteiger partial charge is 0.584 e. The summed E-state index contributed by atoms with van der Waals surface area (Å²) in [5, 5.41) is 31.8. The number of carbonyl (C=O) groups excluding carboxylic acids is 6. The number of fused-ring (bicyclic) bond motifs is 11. The first-order valence-electron chi connectivity index (χ1n) is 44.0. The molecule has 0 saturated carbocycles. The number of aliphatic hydroxyl groups is 1. The first-order valence-corrected chi connectivity index (χ1v) is 45.5. The molecule has 16 aromatic rings. The minimum Gasteiger partial charge on any atom is -0.497 e. The SMILES string of the molecule is CC(C)(C)OC(=O)N=Cc1ccccc1.CCC(=O)Nc1ccc(CO)cc1.COc1ccc(NC(=O)/C(=C\NC(=O)OC(C)(C)C)c2ccccc2)cc1.COc1ccc(NC(=O)[C@@H]2[C@@H](c3ccccc3)N2C(=O)OC(C)(C)C)cc1.O=P1(O)Oc2c(-c3c4ccccc4cc4ccccc34)cc3ccccc3c2-c2c(c(-c3c4ccccc4cc4ccccc34)cc3ccccc23)O1. The van der Waals surface area contributed by atoms with Crippen LogP contribution >= 0.6 is 7.82 Å². The van der Waals surface area contributed by atoms with E-state index in [1.165, 1.54) is 17.3 Å². The van der Waals surface area contributed by atoms with Gasteiger partial charge in [0, 0.05) is 69.3 Å². The molecule has 0 radical (unpaired) electrons. The molecule has 0 spiro atoms. The van der Waals surface area contributed by atoms with E-state index < -0.39 is 48.9 Å². The van der Waals surface area contributed by atoms with Crippen LogP contribution in [0.4, 0.5) is 31.4 Å². The Morgan fingerprint density at radius 3 is 1.21 bits per heavy atom. The summed E-state index contributed by atoms with van der Waals surface area (Å²) in [6.45, 7) is 18.0. The van der Waals surface area contributed by atoms with Gasteiger partial charge >= 0.3 is 26.1 Å². The van der Waals surface area contributed by atoms with Crippen LogP contribution in [-0.2, 0) is 39.8 Å². The molecule has 6 N–H and O–H groups in total. The zero-order chi connectivity index (χ0) is 95.7. The van der Waals surface area contributed by atoms with Gasteiger partial charge in [0.25, 0.3) is 5.91 Å². The van der Waals surface area contributed by atoms with Gasteiger partial charge in [-0.25, -0.2) is 18.9 Å². The molecule has 23 heteroatoms. The number of phosphoric acid groups is 1.